The summed E-state index contributed by atoms with van der Waals surface area (Å²) < 4.78 is 12.0. The second-order valence-electron chi connectivity index (χ2n) is 5.88. The Morgan fingerprint density at radius 1 is 1.30 bits per heavy atom. The predicted octanol–water partition coefficient (Wildman–Crippen LogP) is 4.18. The van der Waals surface area contributed by atoms with Gasteiger partial charge in [0.25, 0.3) is 0 Å². The van der Waals surface area contributed by atoms with E-state index in [9.17, 15) is 0 Å². The van der Waals surface area contributed by atoms with Crippen LogP contribution >= 0.6 is 0 Å². The highest BCUT2D eigenvalue weighted by Crippen LogP contribution is 2.30. The van der Waals surface area contributed by atoms with E-state index in [1.807, 2.05) is 6.92 Å². The molecule has 0 aromatic carbocycles. The molecule has 2 atom stereocenters. The summed E-state index contributed by atoms with van der Waals surface area (Å²) in [6.45, 7) is 8.89. The van der Waals surface area contributed by atoms with Crippen LogP contribution in [0.4, 0.5) is 0 Å². The smallest absolute Gasteiger partial charge is 0.118 e. The fourth-order valence-corrected chi connectivity index (χ4v) is 3.12. The van der Waals surface area contributed by atoms with E-state index >= 15 is 0 Å². The van der Waals surface area contributed by atoms with Crippen LogP contribution in [0.25, 0.3) is 0 Å². The largest absolute Gasteiger partial charge is 0.465 e. The summed E-state index contributed by atoms with van der Waals surface area (Å²) in [6.07, 6.45) is 6.92. The molecule has 1 aliphatic carbocycles. The minimum absolute atomic E-state index is 0.445. The molecule has 1 aromatic rings. The van der Waals surface area contributed by atoms with Gasteiger partial charge in [-0.05, 0) is 38.3 Å². The molecule has 1 aliphatic rings. The maximum atomic E-state index is 6.19. The first kappa shape index (κ1) is 15.6. The number of furan rings is 1. The highest BCUT2D eigenvalue weighted by molar-refractivity contribution is 5.20. The third-order valence-corrected chi connectivity index (χ3v) is 4.44. The second-order valence-corrected chi connectivity index (χ2v) is 5.88. The molecule has 1 saturated carbocycles. The Labute approximate surface area is 123 Å². The molecule has 0 radical (unpaired) electrons. The van der Waals surface area contributed by atoms with E-state index in [0.717, 1.165) is 30.5 Å². The van der Waals surface area contributed by atoms with Gasteiger partial charge in [0.2, 0.25) is 0 Å². The molecule has 0 saturated heterocycles. The standard InChI is InChI=1S/C17H29NO2/c1-4-14-8-6-7-9-17(14)19-12-15-10-16(11-18-5-2)20-13(15)3/h10,14,17-18H,4-9,11-12H2,1-3H3. The van der Waals surface area contributed by atoms with Gasteiger partial charge in [0.1, 0.15) is 11.5 Å². The Kier molecular flexibility index (Phi) is 6.11. The summed E-state index contributed by atoms with van der Waals surface area (Å²) in [4.78, 5) is 0. The summed E-state index contributed by atoms with van der Waals surface area (Å²) in [5.41, 5.74) is 1.21. The van der Waals surface area contributed by atoms with Gasteiger partial charge in [-0.3, -0.25) is 0 Å². The van der Waals surface area contributed by atoms with Crippen molar-refractivity contribution in [3.8, 4) is 0 Å². The lowest BCUT2D eigenvalue weighted by Gasteiger charge is -2.30. The van der Waals surface area contributed by atoms with E-state index in [0.29, 0.717) is 12.7 Å². The maximum absolute atomic E-state index is 6.19. The Morgan fingerprint density at radius 3 is 2.85 bits per heavy atom. The molecule has 0 bridgehead atoms. The zero-order valence-electron chi connectivity index (χ0n) is 13.2. The highest BCUT2D eigenvalue weighted by atomic mass is 16.5. The summed E-state index contributed by atoms with van der Waals surface area (Å²) in [7, 11) is 0. The molecule has 1 N–H and O–H groups in total. The third-order valence-electron chi connectivity index (χ3n) is 4.44. The normalized spacial score (nSPS) is 23.1. The van der Waals surface area contributed by atoms with Crippen LogP contribution in [0.3, 0.4) is 0 Å². The monoisotopic (exact) mass is 279 g/mol. The lowest BCUT2D eigenvalue weighted by molar-refractivity contribution is -0.0225. The first-order valence-corrected chi connectivity index (χ1v) is 8.15. The average molecular weight is 279 g/mol. The van der Waals surface area contributed by atoms with Gasteiger partial charge >= 0.3 is 0 Å². The Hall–Kier alpha value is -0.800. The number of rotatable bonds is 7. The summed E-state index contributed by atoms with van der Waals surface area (Å²) in [5.74, 6) is 2.76. The molecule has 3 nitrogen and oxygen atoms in total. The third kappa shape index (κ3) is 4.10. The predicted molar refractivity (Wildman–Crippen MR) is 81.7 cm³/mol. The van der Waals surface area contributed by atoms with Gasteiger partial charge < -0.3 is 14.5 Å². The maximum Gasteiger partial charge on any atom is 0.118 e. The molecule has 0 aliphatic heterocycles. The first-order chi connectivity index (χ1) is 9.74. The van der Waals surface area contributed by atoms with Crippen molar-refractivity contribution in [1.82, 2.24) is 5.32 Å². The SMILES string of the molecule is CCNCc1cc(COC2CCCCC2CC)c(C)o1. The van der Waals surface area contributed by atoms with Gasteiger partial charge in [-0.25, -0.2) is 0 Å². The van der Waals surface area contributed by atoms with Crippen LogP contribution < -0.4 is 5.32 Å². The van der Waals surface area contributed by atoms with Crippen LogP contribution in [0, 0.1) is 12.8 Å². The molecule has 1 fully saturated rings. The zero-order valence-corrected chi connectivity index (χ0v) is 13.2. The van der Waals surface area contributed by atoms with Gasteiger partial charge in [0, 0.05) is 5.56 Å². The van der Waals surface area contributed by atoms with Crippen molar-refractivity contribution < 1.29 is 9.15 Å². The molecule has 0 spiro atoms. The van der Waals surface area contributed by atoms with E-state index in [1.54, 1.807) is 0 Å². The minimum Gasteiger partial charge on any atom is -0.465 e. The van der Waals surface area contributed by atoms with Crippen molar-refractivity contribution in [2.24, 2.45) is 5.92 Å². The first-order valence-electron chi connectivity index (χ1n) is 8.15. The van der Waals surface area contributed by atoms with Gasteiger partial charge in [-0.2, -0.15) is 0 Å². The van der Waals surface area contributed by atoms with Crippen molar-refractivity contribution in [3.05, 3.63) is 23.2 Å². The molecule has 114 valence electrons. The number of hydrogen-bond acceptors (Lipinski definition) is 3. The molecule has 1 heterocycles. The summed E-state index contributed by atoms with van der Waals surface area (Å²) in [6, 6.07) is 2.14. The molecule has 20 heavy (non-hydrogen) atoms. The molecule has 2 unspecified atom stereocenters. The van der Waals surface area contributed by atoms with E-state index in [1.165, 1.54) is 37.7 Å². The number of nitrogens with one attached hydrogen (secondary N) is 1. The highest BCUT2D eigenvalue weighted by Gasteiger charge is 2.24. The molecular formula is C17H29NO2. The van der Waals surface area contributed by atoms with Crippen LogP contribution in [0.15, 0.2) is 10.5 Å². The lowest BCUT2D eigenvalue weighted by Crippen LogP contribution is -2.27. The lowest BCUT2D eigenvalue weighted by atomic mass is 9.85. The fourth-order valence-electron chi connectivity index (χ4n) is 3.12. The zero-order chi connectivity index (χ0) is 14.4. The fraction of sp³-hybridized carbons (Fsp3) is 0.765. The number of aryl methyl sites for hydroxylation is 1. The van der Waals surface area contributed by atoms with E-state index in [-0.39, 0.29) is 0 Å². The van der Waals surface area contributed by atoms with Crippen LogP contribution in [0.5, 0.6) is 0 Å². The molecule has 3 heteroatoms. The minimum atomic E-state index is 0.445. The number of hydrogen-bond donors (Lipinski definition) is 1. The van der Waals surface area contributed by atoms with Crippen molar-refractivity contribution in [3.63, 3.8) is 0 Å². The van der Waals surface area contributed by atoms with Crippen LogP contribution in [-0.2, 0) is 17.9 Å². The van der Waals surface area contributed by atoms with Gasteiger partial charge in [0.15, 0.2) is 0 Å². The van der Waals surface area contributed by atoms with Crippen LogP contribution in [0.1, 0.15) is 63.0 Å². The van der Waals surface area contributed by atoms with Gasteiger partial charge in [-0.15, -0.1) is 0 Å². The Morgan fingerprint density at radius 2 is 2.10 bits per heavy atom. The van der Waals surface area contributed by atoms with Gasteiger partial charge in [0.05, 0.1) is 19.3 Å². The number of ether oxygens (including phenoxy) is 1. The Bertz CT molecular complexity index is 400. The topological polar surface area (TPSA) is 34.4 Å². The second kappa shape index (κ2) is 7.84. The van der Waals surface area contributed by atoms with Crippen molar-refractivity contribution in [2.45, 2.75) is 72.1 Å². The van der Waals surface area contributed by atoms with Crippen molar-refractivity contribution in [2.75, 3.05) is 6.54 Å². The van der Waals surface area contributed by atoms with Gasteiger partial charge in [-0.1, -0.05) is 33.1 Å². The van der Waals surface area contributed by atoms with E-state index in [2.05, 4.69) is 25.2 Å². The summed E-state index contributed by atoms with van der Waals surface area (Å²) >= 11 is 0. The Balaban J connectivity index is 1.87. The quantitative estimate of drug-likeness (QED) is 0.813. The molecule has 1 aromatic heterocycles. The van der Waals surface area contributed by atoms with Crippen LogP contribution in [0.2, 0.25) is 0 Å². The van der Waals surface area contributed by atoms with E-state index < -0.39 is 0 Å². The van der Waals surface area contributed by atoms with E-state index in [4.69, 9.17) is 9.15 Å². The molecule has 2 rings (SSSR count). The molecular weight excluding hydrogens is 250 g/mol. The average Bonchev–Trinajstić information content (AvgIpc) is 2.83. The van der Waals surface area contributed by atoms with Crippen molar-refractivity contribution >= 4 is 0 Å². The molecule has 0 amide bonds. The van der Waals surface area contributed by atoms with Crippen molar-refractivity contribution in [1.29, 1.82) is 0 Å². The summed E-state index contributed by atoms with van der Waals surface area (Å²) in [5, 5.41) is 3.29. The van der Waals surface area contributed by atoms with Crippen LogP contribution in [-0.4, -0.2) is 12.6 Å².